The van der Waals surface area contributed by atoms with Gasteiger partial charge in [-0.2, -0.15) is 5.10 Å². The molecule has 0 atom stereocenters. The molecule has 3 N–H and O–H groups in total. The lowest BCUT2D eigenvalue weighted by atomic mass is 10.0. The molecule has 3 rings (SSSR count). The van der Waals surface area contributed by atoms with E-state index >= 15 is 0 Å². The number of nitrogens with two attached hydrogens (primary N) is 1. The smallest absolute Gasteiger partial charge is 0.278 e. The molecule has 1 heterocycles. The molecule has 100 valence electrons. The van der Waals surface area contributed by atoms with Gasteiger partial charge in [0.05, 0.1) is 16.0 Å². The van der Waals surface area contributed by atoms with Crippen LogP contribution in [-0.2, 0) is 0 Å². The van der Waals surface area contributed by atoms with Gasteiger partial charge < -0.3 is 5.73 Å². The number of nitro groups is 1. The van der Waals surface area contributed by atoms with Gasteiger partial charge in [0.25, 0.3) is 5.69 Å². The number of anilines is 1. The summed E-state index contributed by atoms with van der Waals surface area (Å²) in [5, 5.41) is 19.0. The highest BCUT2D eigenvalue weighted by atomic mass is 16.6. The summed E-state index contributed by atoms with van der Waals surface area (Å²) in [6.07, 6.45) is 0. The normalized spacial score (nSPS) is 10.8. The number of aromatic amines is 1. The predicted molar refractivity (Wildman–Crippen MR) is 77.3 cm³/mol. The minimum absolute atomic E-state index is 0.0337. The molecule has 3 aromatic rings. The Morgan fingerprint density at radius 1 is 1.25 bits per heavy atom. The van der Waals surface area contributed by atoms with E-state index in [1.807, 2.05) is 13.0 Å². The van der Waals surface area contributed by atoms with Crippen molar-refractivity contribution in [2.75, 3.05) is 5.73 Å². The number of nitrogen functional groups attached to an aromatic ring is 1. The van der Waals surface area contributed by atoms with Gasteiger partial charge in [-0.15, -0.1) is 0 Å². The van der Waals surface area contributed by atoms with Gasteiger partial charge >= 0.3 is 0 Å². The molecule has 0 saturated carbocycles. The molecule has 0 bridgehead atoms. The van der Waals surface area contributed by atoms with Gasteiger partial charge in [0.15, 0.2) is 0 Å². The molecule has 0 saturated heterocycles. The lowest BCUT2D eigenvalue weighted by Gasteiger charge is -2.02. The van der Waals surface area contributed by atoms with Crippen LogP contribution in [-0.4, -0.2) is 15.1 Å². The number of nitrogens with zero attached hydrogens (tertiary/aromatic N) is 2. The Morgan fingerprint density at radius 2 is 2.05 bits per heavy atom. The summed E-state index contributed by atoms with van der Waals surface area (Å²) >= 11 is 0. The summed E-state index contributed by atoms with van der Waals surface area (Å²) in [4.78, 5) is 10.8. The Bertz CT molecular complexity index is 823. The van der Waals surface area contributed by atoms with Crippen molar-refractivity contribution in [3.63, 3.8) is 0 Å². The van der Waals surface area contributed by atoms with Gasteiger partial charge in [-0.05, 0) is 36.8 Å². The summed E-state index contributed by atoms with van der Waals surface area (Å²) < 4.78 is 0. The van der Waals surface area contributed by atoms with Crippen molar-refractivity contribution in [1.82, 2.24) is 10.2 Å². The molecule has 0 aliphatic heterocycles. The van der Waals surface area contributed by atoms with Gasteiger partial charge in [0, 0.05) is 17.1 Å². The van der Waals surface area contributed by atoms with E-state index < -0.39 is 4.92 Å². The number of hydrogen-bond donors (Lipinski definition) is 2. The van der Waals surface area contributed by atoms with Crippen LogP contribution in [0.3, 0.4) is 0 Å². The number of aromatic nitrogens is 2. The van der Waals surface area contributed by atoms with Crippen molar-refractivity contribution < 1.29 is 4.92 Å². The fourth-order valence-electron chi connectivity index (χ4n) is 2.24. The van der Waals surface area contributed by atoms with Crippen molar-refractivity contribution in [2.24, 2.45) is 0 Å². The highest BCUT2D eigenvalue weighted by Gasteiger charge is 2.19. The van der Waals surface area contributed by atoms with Gasteiger partial charge in [-0.1, -0.05) is 6.07 Å². The molecular formula is C14H12N4O2. The molecule has 0 amide bonds. The standard InChI is InChI=1S/C14H12N4O2/c1-8-2-5-13(18(19)20)11(6-8)14-10-7-9(15)3-4-12(10)16-17-14/h2-7H,15H2,1H3,(H,16,17). The third-order valence-corrected chi connectivity index (χ3v) is 3.19. The number of nitro benzene ring substituents is 1. The van der Waals surface area contributed by atoms with Crippen LogP contribution >= 0.6 is 0 Å². The molecule has 0 fully saturated rings. The van der Waals surface area contributed by atoms with Crippen molar-refractivity contribution in [2.45, 2.75) is 6.92 Å². The summed E-state index contributed by atoms with van der Waals surface area (Å²) in [6.45, 7) is 1.89. The average Bonchev–Trinajstić information content (AvgIpc) is 2.81. The van der Waals surface area contributed by atoms with Crippen molar-refractivity contribution in [3.8, 4) is 11.3 Å². The van der Waals surface area contributed by atoms with E-state index in [0.29, 0.717) is 16.9 Å². The third-order valence-electron chi connectivity index (χ3n) is 3.19. The van der Waals surface area contributed by atoms with Crippen LogP contribution in [0, 0.1) is 17.0 Å². The second kappa shape index (κ2) is 4.34. The van der Waals surface area contributed by atoms with Crippen LogP contribution in [0.5, 0.6) is 0 Å². The van der Waals surface area contributed by atoms with Crippen LogP contribution in [0.15, 0.2) is 36.4 Å². The summed E-state index contributed by atoms with van der Waals surface area (Å²) in [7, 11) is 0. The number of hydrogen-bond acceptors (Lipinski definition) is 4. The zero-order chi connectivity index (χ0) is 14.3. The average molecular weight is 268 g/mol. The molecular weight excluding hydrogens is 256 g/mol. The fraction of sp³-hybridized carbons (Fsp3) is 0.0714. The van der Waals surface area contributed by atoms with Gasteiger partial charge in [0.2, 0.25) is 0 Å². The van der Waals surface area contributed by atoms with Crippen LogP contribution in [0.25, 0.3) is 22.2 Å². The Balaban J connectivity index is 2.33. The number of rotatable bonds is 2. The van der Waals surface area contributed by atoms with Gasteiger partial charge in [0.1, 0.15) is 5.69 Å². The number of H-pyrrole nitrogens is 1. The van der Waals surface area contributed by atoms with Crippen molar-refractivity contribution in [1.29, 1.82) is 0 Å². The quantitative estimate of drug-likeness (QED) is 0.424. The maximum atomic E-state index is 11.2. The molecule has 0 radical (unpaired) electrons. The van der Waals surface area contributed by atoms with Crippen LogP contribution in [0.2, 0.25) is 0 Å². The van der Waals surface area contributed by atoms with Crippen LogP contribution in [0.4, 0.5) is 11.4 Å². The third kappa shape index (κ3) is 1.87. The summed E-state index contributed by atoms with van der Waals surface area (Å²) in [5.41, 5.74) is 9.18. The van der Waals surface area contributed by atoms with E-state index in [-0.39, 0.29) is 5.69 Å². The minimum atomic E-state index is -0.401. The highest BCUT2D eigenvalue weighted by molar-refractivity contribution is 5.96. The maximum Gasteiger partial charge on any atom is 0.278 e. The van der Waals surface area contributed by atoms with E-state index in [1.165, 1.54) is 6.07 Å². The largest absolute Gasteiger partial charge is 0.399 e. The zero-order valence-corrected chi connectivity index (χ0v) is 10.8. The second-order valence-electron chi connectivity index (χ2n) is 4.65. The lowest BCUT2D eigenvalue weighted by molar-refractivity contribution is -0.384. The Hall–Kier alpha value is -2.89. The second-order valence-corrected chi connectivity index (χ2v) is 4.65. The van der Waals surface area contributed by atoms with E-state index in [0.717, 1.165) is 16.5 Å². The Kier molecular flexibility index (Phi) is 2.64. The Morgan fingerprint density at radius 3 is 2.80 bits per heavy atom. The summed E-state index contributed by atoms with van der Waals surface area (Å²) in [5.74, 6) is 0. The SMILES string of the molecule is Cc1ccc([N+](=O)[O-])c(-c2n[nH]c3ccc(N)cc23)c1. The first-order valence-corrected chi connectivity index (χ1v) is 6.05. The van der Waals surface area contributed by atoms with Crippen molar-refractivity contribution >= 4 is 22.3 Å². The number of fused-ring (bicyclic) bond motifs is 1. The fourth-order valence-corrected chi connectivity index (χ4v) is 2.24. The van der Waals surface area contributed by atoms with E-state index in [1.54, 1.807) is 24.3 Å². The lowest BCUT2D eigenvalue weighted by Crippen LogP contribution is -1.93. The molecule has 0 aliphatic carbocycles. The minimum Gasteiger partial charge on any atom is -0.399 e. The molecule has 1 aromatic heterocycles. The van der Waals surface area contributed by atoms with Gasteiger partial charge in [-0.3, -0.25) is 15.2 Å². The van der Waals surface area contributed by atoms with Crippen LogP contribution < -0.4 is 5.73 Å². The number of benzene rings is 2. The van der Waals surface area contributed by atoms with Crippen molar-refractivity contribution in [3.05, 3.63) is 52.1 Å². The van der Waals surface area contributed by atoms with Gasteiger partial charge in [-0.25, -0.2) is 0 Å². The molecule has 0 aliphatic rings. The molecule has 6 heteroatoms. The van der Waals surface area contributed by atoms with E-state index in [9.17, 15) is 10.1 Å². The zero-order valence-electron chi connectivity index (χ0n) is 10.8. The maximum absolute atomic E-state index is 11.2. The Labute approximate surface area is 114 Å². The molecule has 2 aromatic carbocycles. The molecule has 6 nitrogen and oxygen atoms in total. The predicted octanol–water partition coefficient (Wildman–Crippen LogP) is 3.03. The first-order valence-electron chi connectivity index (χ1n) is 6.05. The van der Waals surface area contributed by atoms with Crippen LogP contribution in [0.1, 0.15) is 5.56 Å². The topological polar surface area (TPSA) is 97.8 Å². The molecule has 0 spiro atoms. The number of aryl methyl sites for hydroxylation is 1. The number of nitrogens with one attached hydrogen (secondary N) is 1. The molecule has 0 unspecified atom stereocenters. The first kappa shape index (κ1) is 12.2. The summed E-state index contributed by atoms with van der Waals surface area (Å²) in [6, 6.07) is 10.3. The monoisotopic (exact) mass is 268 g/mol. The van der Waals surface area contributed by atoms with E-state index in [2.05, 4.69) is 10.2 Å². The van der Waals surface area contributed by atoms with E-state index in [4.69, 9.17) is 5.73 Å². The molecule has 20 heavy (non-hydrogen) atoms. The highest BCUT2D eigenvalue weighted by Crippen LogP contribution is 2.34. The first-order chi connectivity index (χ1) is 9.56.